The number of aromatic nitrogens is 1. The number of aromatic amines is 1. The third kappa shape index (κ3) is 1.91. The van der Waals surface area contributed by atoms with Gasteiger partial charge in [-0.2, -0.15) is 0 Å². The van der Waals surface area contributed by atoms with Gasteiger partial charge in [-0.05, 0) is 30.7 Å². The maximum atomic E-state index is 12.5. The quantitative estimate of drug-likeness (QED) is 0.557. The third-order valence-electron chi connectivity index (χ3n) is 4.05. The molecular weight excluding hydrogens is 310 g/mol. The fraction of sp³-hybridized carbons (Fsp3) is 0.0588. The van der Waals surface area contributed by atoms with Crippen LogP contribution >= 0.6 is 0 Å². The first kappa shape index (κ1) is 14.1. The molecule has 0 atom stereocenters. The summed E-state index contributed by atoms with van der Waals surface area (Å²) in [6.45, 7) is 1.92. The van der Waals surface area contributed by atoms with E-state index in [1.807, 2.05) is 19.1 Å². The largest absolute Gasteiger partial charge is 0.505 e. The number of aryl methyl sites for hydroxylation is 1. The van der Waals surface area contributed by atoms with E-state index in [0.717, 1.165) is 5.56 Å². The monoisotopic (exact) mass is 321 g/mol. The molecule has 3 aromatic rings. The zero-order chi connectivity index (χ0) is 17.0. The van der Waals surface area contributed by atoms with E-state index in [0.29, 0.717) is 10.9 Å². The van der Waals surface area contributed by atoms with Crippen molar-refractivity contribution in [3.05, 3.63) is 63.3 Å². The maximum Gasteiger partial charge on any atom is 0.271 e. The number of nitro groups is 1. The molecular formula is C17H11N3O4. The summed E-state index contributed by atoms with van der Waals surface area (Å²) >= 11 is 0. The second kappa shape index (κ2) is 4.76. The Morgan fingerprint density at radius 1 is 1.21 bits per heavy atom. The van der Waals surface area contributed by atoms with Crippen LogP contribution in [0.4, 0.5) is 11.4 Å². The number of nitrogens with zero attached hydrogens (tertiary/aromatic N) is 2. The Labute approximate surface area is 135 Å². The van der Waals surface area contributed by atoms with E-state index >= 15 is 0 Å². The van der Waals surface area contributed by atoms with Gasteiger partial charge in [-0.25, -0.2) is 4.99 Å². The summed E-state index contributed by atoms with van der Waals surface area (Å²) in [5, 5.41) is 21.9. The van der Waals surface area contributed by atoms with Crippen molar-refractivity contribution in [3.8, 4) is 5.75 Å². The smallest absolute Gasteiger partial charge is 0.271 e. The van der Waals surface area contributed by atoms with E-state index in [1.165, 1.54) is 18.2 Å². The van der Waals surface area contributed by atoms with Gasteiger partial charge in [0.1, 0.15) is 11.4 Å². The lowest BCUT2D eigenvalue weighted by atomic mass is 10.1. The molecule has 118 valence electrons. The lowest BCUT2D eigenvalue weighted by molar-refractivity contribution is -0.384. The molecule has 7 nitrogen and oxygen atoms in total. The average molecular weight is 321 g/mol. The molecule has 24 heavy (non-hydrogen) atoms. The van der Waals surface area contributed by atoms with E-state index in [-0.39, 0.29) is 39.9 Å². The zero-order valence-corrected chi connectivity index (χ0v) is 12.5. The molecule has 1 aliphatic rings. The number of fused-ring (bicyclic) bond motifs is 2. The summed E-state index contributed by atoms with van der Waals surface area (Å²) in [6, 6.07) is 9.38. The van der Waals surface area contributed by atoms with Crippen LogP contribution in [0, 0.1) is 17.0 Å². The van der Waals surface area contributed by atoms with Crippen molar-refractivity contribution in [2.45, 2.75) is 6.92 Å². The number of nitrogens with one attached hydrogen (secondary N) is 1. The molecule has 0 saturated carbocycles. The molecule has 2 heterocycles. The third-order valence-corrected chi connectivity index (χ3v) is 4.05. The molecule has 0 aliphatic carbocycles. The molecule has 0 radical (unpaired) electrons. The van der Waals surface area contributed by atoms with Crippen molar-refractivity contribution in [1.82, 2.24) is 4.98 Å². The molecule has 2 aromatic carbocycles. The topological polar surface area (TPSA) is 109 Å². The molecule has 1 aliphatic heterocycles. The number of hydrogen-bond acceptors (Lipinski definition) is 5. The minimum absolute atomic E-state index is 0.0526. The normalized spacial score (nSPS) is 13.2. The predicted molar refractivity (Wildman–Crippen MR) is 88.3 cm³/mol. The van der Waals surface area contributed by atoms with E-state index in [4.69, 9.17) is 0 Å². The van der Waals surface area contributed by atoms with E-state index in [1.54, 1.807) is 6.07 Å². The van der Waals surface area contributed by atoms with Crippen LogP contribution in [-0.2, 0) is 0 Å². The van der Waals surface area contributed by atoms with Gasteiger partial charge >= 0.3 is 0 Å². The highest BCUT2D eigenvalue weighted by Gasteiger charge is 2.30. The Bertz CT molecular complexity index is 1080. The van der Waals surface area contributed by atoms with E-state index in [9.17, 15) is 20.0 Å². The first-order valence-corrected chi connectivity index (χ1v) is 7.19. The van der Waals surface area contributed by atoms with Crippen molar-refractivity contribution in [1.29, 1.82) is 0 Å². The van der Waals surface area contributed by atoms with Crippen molar-refractivity contribution < 1.29 is 14.8 Å². The molecule has 1 aromatic heterocycles. The van der Waals surface area contributed by atoms with E-state index in [2.05, 4.69) is 9.98 Å². The predicted octanol–water partition coefficient (Wildman–Crippen LogP) is 3.41. The van der Waals surface area contributed by atoms with Crippen molar-refractivity contribution in [3.63, 3.8) is 0 Å². The van der Waals surface area contributed by atoms with Crippen LogP contribution in [0.15, 0.2) is 41.4 Å². The number of carbonyl (C=O) groups is 1. The van der Waals surface area contributed by atoms with Crippen molar-refractivity contribution >= 4 is 33.8 Å². The summed E-state index contributed by atoms with van der Waals surface area (Å²) in [4.78, 5) is 30.1. The summed E-state index contributed by atoms with van der Waals surface area (Å²) in [7, 11) is 0. The van der Waals surface area contributed by atoms with E-state index < -0.39 is 4.92 Å². The molecule has 4 rings (SSSR count). The fourth-order valence-corrected chi connectivity index (χ4v) is 2.85. The zero-order valence-electron chi connectivity index (χ0n) is 12.5. The molecule has 2 N–H and O–H groups in total. The van der Waals surface area contributed by atoms with Crippen LogP contribution < -0.4 is 0 Å². The second-order valence-corrected chi connectivity index (χ2v) is 5.65. The number of nitro benzene ring substituents is 1. The Kier molecular flexibility index (Phi) is 2.80. The van der Waals surface area contributed by atoms with Gasteiger partial charge in [0.05, 0.1) is 16.2 Å². The molecule has 7 heteroatoms. The van der Waals surface area contributed by atoms with Crippen molar-refractivity contribution in [2.24, 2.45) is 4.99 Å². The lowest BCUT2D eigenvalue weighted by Gasteiger charge is -1.97. The Morgan fingerprint density at radius 2 is 2.00 bits per heavy atom. The van der Waals surface area contributed by atoms with Crippen molar-refractivity contribution in [2.75, 3.05) is 0 Å². The van der Waals surface area contributed by atoms with Crippen LogP contribution in [0.25, 0.3) is 10.9 Å². The Balaban J connectivity index is 1.88. The first-order chi connectivity index (χ1) is 11.5. The van der Waals surface area contributed by atoms with Crippen LogP contribution in [0.1, 0.15) is 21.6 Å². The number of non-ortho nitro benzene ring substituents is 1. The van der Waals surface area contributed by atoms with Crippen LogP contribution in [0.5, 0.6) is 5.75 Å². The number of Topliss-reactive ketones (excluding diaryl/α,β-unsaturated/α-hetero) is 1. The minimum atomic E-state index is -0.540. The number of aromatic hydroxyl groups is 1. The van der Waals surface area contributed by atoms with Crippen LogP contribution in [-0.4, -0.2) is 26.5 Å². The van der Waals surface area contributed by atoms with Gasteiger partial charge in [-0.15, -0.1) is 0 Å². The number of ketones is 1. The summed E-state index contributed by atoms with van der Waals surface area (Å²) in [5.41, 5.74) is 2.36. The van der Waals surface area contributed by atoms with Gasteiger partial charge in [-0.1, -0.05) is 6.07 Å². The number of carbonyl (C=O) groups excluding carboxylic acids is 1. The molecule has 0 spiro atoms. The number of aliphatic imine (C=N–C) groups is 1. The van der Waals surface area contributed by atoms with Gasteiger partial charge in [0, 0.05) is 23.0 Å². The van der Waals surface area contributed by atoms with Crippen LogP contribution in [0.3, 0.4) is 0 Å². The molecule has 0 unspecified atom stereocenters. The Morgan fingerprint density at radius 3 is 2.75 bits per heavy atom. The average Bonchev–Trinajstić information content (AvgIpc) is 3.04. The van der Waals surface area contributed by atoms with Gasteiger partial charge < -0.3 is 10.1 Å². The number of hydrogen-bond donors (Lipinski definition) is 2. The maximum absolute atomic E-state index is 12.5. The summed E-state index contributed by atoms with van der Waals surface area (Å²) in [6.07, 6.45) is 0. The first-order valence-electron chi connectivity index (χ1n) is 7.19. The highest BCUT2D eigenvalue weighted by Crippen LogP contribution is 2.36. The number of H-pyrrole nitrogens is 1. The molecule has 0 amide bonds. The number of benzene rings is 2. The number of rotatable bonds is 2. The minimum Gasteiger partial charge on any atom is -0.505 e. The summed E-state index contributed by atoms with van der Waals surface area (Å²) in [5.74, 6) is -0.433. The SMILES string of the molecule is Cc1ccc2c(O)c(C3=Nc4cc([N+](=O)[O-])ccc4C3=O)[nH]c2c1. The van der Waals surface area contributed by atoms with Gasteiger partial charge in [0.15, 0.2) is 5.75 Å². The molecule has 0 bridgehead atoms. The lowest BCUT2D eigenvalue weighted by Crippen LogP contribution is -2.11. The van der Waals surface area contributed by atoms with Gasteiger partial charge in [0.25, 0.3) is 5.69 Å². The summed E-state index contributed by atoms with van der Waals surface area (Å²) < 4.78 is 0. The second-order valence-electron chi connectivity index (χ2n) is 5.65. The van der Waals surface area contributed by atoms with Crippen LogP contribution in [0.2, 0.25) is 0 Å². The fourth-order valence-electron chi connectivity index (χ4n) is 2.85. The molecule has 0 fully saturated rings. The highest BCUT2D eigenvalue weighted by molar-refractivity contribution is 6.55. The highest BCUT2D eigenvalue weighted by atomic mass is 16.6. The van der Waals surface area contributed by atoms with Gasteiger partial charge in [-0.3, -0.25) is 14.9 Å². The van der Waals surface area contributed by atoms with Gasteiger partial charge in [0.2, 0.25) is 5.78 Å². The standard InChI is InChI=1S/C17H11N3O4/c1-8-2-4-10-12(6-8)18-14(16(10)21)15-17(22)11-5-3-9(20(23)24)7-13(11)19-15/h2-7,18,21H,1H3. The Hall–Kier alpha value is -3.48. The molecule has 0 saturated heterocycles.